The predicted octanol–water partition coefficient (Wildman–Crippen LogP) is 1.81. The Bertz CT molecular complexity index is 258. The summed E-state index contributed by atoms with van der Waals surface area (Å²) in [6.45, 7) is 8.78. The standard InChI is InChI=1S/C14H27NO3/c1-14(2,3)18-13(17)6-9-15-8-4-5-12(11-15)7-10-16/h12,16H,4-11H2,1-3H3. The highest BCUT2D eigenvalue weighted by atomic mass is 16.6. The second-order valence-corrected chi connectivity index (χ2v) is 6.16. The molecule has 1 unspecified atom stereocenters. The van der Waals surface area contributed by atoms with E-state index in [2.05, 4.69) is 4.90 Å². The largest absolute Gasteiger partial charge is 0.460 e. The molecule has 0 radical (unpaired) electrons. The van der Waals surface area contributed by atoms with E-state index in [-0.39, 0.29) is 12.6 Å². The SMILES string of the molecule is CC(C)(C)OC(=O)CCN1CCCC(CCO)C1. The van der Waals surface area contributed by atoms with E-state index in [1.807, 2.05) is 20.8 Å². The van der Waals surface area contributed by atoms with Crippen LogP contribution < -0.4 is 0 Å². The molecule has 0 amide bonds. The lowest BCUT2D eigenvalue weighted by Crippen LogP contribution is -2.37. The molecule has 1 N–H and O–H groups in total. The maximum absolute atomic E-state index is 11.6. The van der Waals surface area contributed by atoms with E-state index >= 15 is 0 Å². The Kier molecular flexibility index (Phi) is 6.09. The highest BCUT2D eigenvalue weighted by Gasteiger charge is 2.21. The van der Waals surface area contributed by atoms with Gasteiger partial charge >= 0.3 is 5.97 Å². The van der Waals surface area contributed by atoms with Crippen molar-refractivity contribution in [2.45, 2.75) is 52.1 Å². The summed E-state index contributed by atoms with van der Waals surface area (Å²) in [7, 11) is 0. The Morgan fingerprint density at radius 1 is 1.44 bits per heavy atom. The topological polar surface area (TPSA) is 49.8 Å². The van der Waals surface area contributed by atoms with Crippen LogP contribution in [0.4, 0.5) is 0 Å². The van der Waals surface area contributed by atoms with Crippen LogP contribution in [0.5, 0.6) is 0 Å². The summed E-state index contributed by atoms with van der Waals surface area (Å²) in [6.07, 6.45) is 3.70. The molecule has 18 heavy (non-hydrogen) atoms. The molecular weight excluding hydrogens is 230 g/mol. The molecule has 0 aliphatic carbocycles. The monoisotopic (exact) mass is 257 g/mol. The minimum atomic E-state index is -0.390. The van der Waals surface area contributed by atoms with Gasteiger partial charge in [-0.2, -0.15) is 0 Å². The van der Waals surface area contributed by atoms with Crippen LogP contribution in [0.1, 0.15) is 46.5 Å². The van der Waals surface area contributed by atoms with Gasteiger partial charge in [-0.1, -0.05) is 0 Å². The van der Waals surface area contributed by atoms with Gasteiger partial charge in [-0.25, -0.2) is 0 Å². The van der Waals surface area contributed by atoms with Crippen LogP contribution in [0.15, 0.2) is 0 Å². The van der Waals surface area contributed by atoms with Gasteiger partial charge in [0.05, 0.1) is 6.42 Å². The molecule has 0 aromatic carbocycles. The van der Waals surface area contributed by atoms with Gasteiger partial charge in [0.2, 0.25) is 0 Å². The van der Waals surface area contributed by atoms with Crippen molar-refractivity contribution in [2.24, 2.45) is 5.92 Å². The molecule has 4 nitrogen and oxygen atoms in total. The summed E-state index contributed by atoms with van der Waals surface area (Å²) >= 11 is 0. The molecule has 106 valence electrons. The Morgan fingerprint density at radius 2 is 2.17 bits per heavy atom. The first-order chi connectivity index (χ1) is 8.40. The molecule has 1 rings (SSSR count). The molecule has 0 aromatic rings. The first kappa shape index (κ1) is 15.4. The number of likely N-dealkylation sites (tertiary alicyclic amines) is 1. The number of aliphatic hydroxyl groups excluding tert-OH is 1. The van der Waals surface area contributed by atoms with Crippen LogP contribution in [0, 0.1) is 5.92 Å². The Labute approximate surface area is 110 Å². The van der Waals surface area contributed by atoms with Gasteiger partial charge in [-0.15, -0.1) is 0 Å². The third-order valence-electron chi connectivity index (χ3n) is 3.19. The van der Waals surface area contributed by atoms with Crippen molar-refractivity contribution >= 4 is 5.97 Å². The number of carbonyl (C=O) groups excluding carboxylic acids is 1. The van der Waals surface area contributed by atoms with Crippen molar-refractivity contribution in [1.82, 2.24) is 4.90 Å². The van der Waals surface area contributed by atoms with Gasteiger partial charge in [-0.05, 0) is 52.5 Å². The van der Waals surface area contributed by atoms with Crippen molar-refractivity contribution in [3.63, 3.8) is 0 Å². The molecule has 1 atom stereocenters. The fourth-order valence-electron chi connectivity index (χ4n) is 2.41. The Morgan fingerprint density at radius 3 is 2.78 bits per heavy atom. The van der Waals surface area contributed by atoms with E-state index in [1.54, 1.807) is 0 Å². The third kappa shape index (κ3) is 6.36. The van der Waals surface area contributed by atoms with Gasteiger partial charge in [0.15, 0.2) is 0 Å². The zero-order valence-corrected chi connectivity index (χ0v) is 11.9. The van der Waals surface area contributed by atoms with Crippen molar-refractivity contribution in [3.8, 4) is 0 Å². The first-order valence-electron chi connectivity index (χ1n) is 6.96. The molecule has 1 fully saturated rings. The van der Waals surface area contributed by atoms with Crippen LogP contribution >= 0.6 is 0 Å². The number of carbonyl (C=O) groups is 1. The number of hydrogen-bond acceptors (Lipinski definition) is 4. The molecular formula is C14H27NO3. The smallest absolute Gasteiger partial charge is 0.307 e. The normalized spacial score (nSPS) is 21.9. The van der Waals surface area contributed by atoms with Gasteiger partial charge in [0.25, 0.3) is 0 Å². The highest BCUT2D eigenvalue weighted by Crippen LogP contribution is 2.19. The molecule has 1 aliphatic rings. The van der Waals surface area contributed by atoms with Crippen molar-refractivity contribution < 1.29 is 14.6 Å². The minimum absolute atomic E-state index is 0.119. The Hall–Kier alpha value is -0.610. The van der Waals surface area contributed by atoms with Gasteiger partial charge < -0.3 is 14.7 Å². The third-order valence-corrected chi connectivity index (χ3v) is 3.19. The molecule has 0 aromatic heterocycles. The predicted molar refractivity (Wildman–Crippen MR) is 71.3 cm³/mol. The maximum Gasteiger partial charge on any atom is 0.307 e. The average molecular weight is 257 g/mol. The summed E-state index contributed by atoms with van der Waals surface area (Å²) in [4.78, 5) is 13.9. The van der Waals surface area contributed by atoms with Crippen molar-refractivity contribution in [1.29, 1.82) is 0 Å². The summed E-state index contributed by atoms with van der Waals surface area (Å²) in [6, 6.07) is 0. The quantitative estimate of drug-likeness (QED) is 0.763. The molecule has 1 aliphatic heterocycles. The van der Waals surface area contributed by atoms with Gasteiger partial charge in [0, 0.05) is 19.7 Å². The molecule has 0 bridgehead atoms. The molecule has 1 saturated heterocycles. The van der Waals surface area contributed by atoms with E-state index in [1.165, 1.54) is 12.8 Å². The van der Waals surface area contributed by atoms with Crippen LogP contribution in [0.3, 0.4) is 0 Å². The number of aliphatic hydroxyl groups is 1. The van der Waals surface area contributed by atoms with Gasteiger partial charge in [-0.3, -0.25) is 4.79 Å². The lowest BCUT2D eigenvalue weighted by molar-refractivity contribution is -0.155. The van der Waals surface area contributed by atoms with E-state index in [4.69, 9.17) is 9.84 Å². The van der Waals surface area contributed by atoms with Crippen LogP contribution in [-0.2, 0) is 9.53 Å². The van der Waals surface area contributed by atoms with E-state index in [0.29, 0.717) is 12.3 Å². The number of rotatable bonds is 5. The summed E-state index contributed by atoms with van der Waals surface area (Å²) in [5.41, 5.74) is -0.390. The lowest BCUT2D eigenvalue weighted by Gasteiger charge is -2.32. The average Bonchev–Trinajstić information content (AvgIpc) is 2.25. The number of ether oxygens (including phenoxy) is 1. The van der Waals surface area contributed by atoms with Crippen LogP contribution in [-0.4, -0.2) is 47.8 Å². The maximum atomic E-state index is 11.6. The summed E-state index contributed by atoms with van der Waals surface area (Å²) in [5.74, 6) is 0.467. The zero-order valence-electron chi connectivity index (χ0n) is 11.9. The number of esters is 1. The lowest BCUT2D eigenvalue weighted by atomic mass is 9.95. The Balaban J connectivity index is 2.24. The second-order valence-electron chi connectivity index (χ2n) is 6.16. The summed E-state index contributed by atoms with van der Waals surface area (Å²) in [5, 5.41) is 8.96. The number of nitrogens with zero attached hydrogens (tertiary/aromatic N) is 1. The van der Waals surface area contributed by atoms with E-state index < -0.39 is 5.60 Å². The molecule has 4 heteroatoms. The van der Waals surface area contributed by atoms with E-state index in [0.717, 1.165) is 26.1 Å². The zero-order chi connectivity index (χ0) is 13.6. The van der Waals surface area contributed by atoms with Crippen molar-refractivity contribution in [2.75, 3.05) is 26.2 Å². The summed E-state index contributed by atoms with van der Waals surface area (Å²) < 4.78 is 5.30. The fraction of sp³-hybridized carbons (Fsp3) is 0.929. The van der Waals surface area contributed by atoms with Crippen LogP contribution in [0.25, 0.3) is 0 Å². The minimum Gasteiger partial charge on any atom is -0.460 e. The van der Waals surface area contributed by atoms with Crippen LogP contribution in [0.2, 0.25) is 0 Å². The second kappa shape index (κ2) is 7.10. The molecule has 1 heterocycles. The highest BCUT2D eigenvalue weighted by molar-refractivity contribution is 5.70. The number of piperidine rings is 1. The fourth-order valence-corrected chi connectivity index (χ4v) is 2.41. The van der Waals surface area contributed by atoms with Crippen molar-refractivity contribution in [3.05, 3.63) is 0 Å². The number of hydrogen-bond donors (Lipinski definition) is 1. The van der Waals surface area contributed by atoms with E-state index in [9.17, 15) is 4.79 Å². The molecule has 0 spiro atoms. The van der Waals surface area contributed by atoms with Gasteiger partial charge in [0.1, 0.15) is 5.60 Å². The molecule has 0 saturated carbocycles. The first-order valence-corrected chi connectivity index (χ1v) is 6.96.